The first-order valence-corrected chi connectivity index (χ1v) is 11.4. The molecular weight excluding hydrogens is 444 g/mol. The Hall–Kier alpha value is -3.73. The van der Waals surface area contributed by atoms with Crippen molar-refractivity contribution in [1.29, 1.82) is 0 Å². The lowest BCUT2D eigenvalue weighted by Gasteiger charge is -2.12. The number of nitrogen functional groups attached to an aromatic ring is 1. The van der Waals surface area contributed by atoms with Gasteiger partial charge in [-0.05, 0) is 37.1 Å². The Bertz CT molecular complexity index is 1350. The zero-order valence-electron chi connectivity index (χ0n) is 17.5. The lowest BCUT2D eigenvalue weighted by Crippen LogP contribution is -2.28. The number of hydrogen-bond donors (Lipinski definition) is 2. The molecule has 0 atom stereocenters. The van der Waals surface area contributed by atoms with Gasteiger partial charge in [-0.3, -0.25) is 4.79 Å². The Balaban J connectivity index is 1.38. The molecule has 6 rings (SSSR count). The number of anilines is 1. The molecule has 0 unspecified atom stereocenters. The van der Waals surface area contributed by atoms with Crippen LogP contribution in [-0.4, -0.2) is 38.8 Å². The van der Waals surface area contributed by atoms with Gasteiger partial charge in [0, 0.05) is 29.5 Å². The zero-order chi connectivity index (χ0) is 22.4. The van der Waals surface area contributed by atoms with Crippen molar-refractivity contribution >= 4 is 34.7 Å². The zero-order valence-corrected chi connectivity index (χ0v) is 18.3. The van der Waals surface area contributed by atoms with E-state index in [2.05, 4.69) is 15.3 Å². The molecular formula is C22H20N6O4S. The molecule has 1 saturated carbocycles. The third-order valence-corrected chi connectivity index (χ3v) is 6.62. The fourth-order valence-electron chi connectivity index (χ4n) is 3.72. The average molecular weight is 465 g/mol. The van der Waals surface area contributed by atoms with Gasteiger partial charge in [-0.15, -0.1) is 0 Å². The Kier molecular flexibility index (Phi) is 4.83. The molecule has 0 spiro atoms. The van der Waals surface area contributed by atoms with Crippen LogP contribution < -0.4 is 20.5 Å². The number of furan rings is 1. The number of benzene rings is 1. The number of amides is 1. The molecule has 1 fully saturated rings. The summed E-state index contributed by atoms with van der Waals surface area (Å²) in [5.41, 5.74) is 8.07. The molecule has 4 aromatic rings. The Morgan fingerprint density at radius 3 is 2.88 bits per heavy atom. The number of nitrogens with two attached hydrogens (primary N) is 1. The number of nitrogens with one attached hydrogen (secondary N) is 1. The van der Waals surface area contributed by atoms with Crippen molar-refractivity contribution in [2.45, 2.75) is 29.4 Å². The molecule has 168 valence electrons. The number of carbonyl (C=O) groups is 1. The SMILES string of the molecule is Nc1ncnc2c1nc(Sc1cc3c(cc1-c1ccco1)OCO3)n2CCNC(=O)C1CC1. The van der Waals surface area contributed by atoms with Crippen LogP contribution in [-0.2, 0) is 11.3 Å². The highest BCUT2D eigenvalue weighted by atomic mass is 32.2. The Morgan fingerprint density at radius 1 is 1.24 bits per heavy atom. The molecule has 2 aliphatic rings. The molecule has 1 aliphatic heterocycles. The smallest absolute Gasteiger partial charge is 0.231 e. The van der Waals surface area contributed by atoms with E-state index in [1.165, 1.54) is 18.1 Å². The molecule has 3 N–H and O–H groups in total. The van der Waals surface area contributed by atoms with Gasteiger partial charge < -0.3 is 29.5 Å². The first kappa shape index (κ1) is 19.9. The van der Waals surface area contributed by atoms with Crippen LogP contribution in [0.3, 0.4) is 0 Å². The third kappa shape index (κ3) is 3.74. The summed E-state index contributed by atoms with van der Waals surface area (Å²) in [5, 5.41) is 3.67. The van der Waals surface area contributed by atoms with Gasteiger partial charge in [-0.25, -0.2) is 15.0 Å². The number of rotatable bonds is 7. The van der Waals surface area contributed by atoms with Crippen LogP contribution in [0.2, 0.25) is 0 Å². The van der Waals surface area contributed by atoms with E-state index in [-0.39, 0.29) is 18.6 Å². The molecule has 1 aromatic carbocycles. The lowest BCUT2D eigenvalue weighted by molar-refractivity contribution is -0.122. The minimum atomic E-state index is 0.0960. The van der Waals surface area contributed by atoms with Crippen LogP contribution in [0.5, 0.6) is 11.5 Å². The van der Waals surface area contributed by atoms with E-state index in [0.717, 1.165) is 23.3 Å². The van der Waals surface area contributed by atoms with Gasteiger partial charge in [-0.1, -0.05) is 11.8 Å². The quantitative estimate of drug-likeness (QED) is 0.424. The van der Waals surface area contributed by atoms with Gasteiger partial charge in [0.2, 0.25) is 12.7 Å². The van der Waals surface area contributed by atoms with Gasteiger partial charge >= 0.3 is 0 Å². The number of carbonyl (C=O) groups excluding carboxylic acids is 1. The standard InChI is InChI=1S/C22H20N6O4S/c23-19-18-20(26-10-25-19)28(6-5-24-21(29)12-3-4-12)22(27-18)33-17-9-16-15(31-11-32-16)8-13(17)14-2-1-7-30-14/h1-2,7-10,12H,3-6,11H2,(H,24,29)(H2,23,25,26). The van der Waals surface area contributed by atoms with Crippen molar-refractivity contribution in [2.75, 3.05) is 19.1 Å². The second kappa shape index (κ2) is 8.00. The van der Waals surface area contributed by atoms with Crippen molar-refractivity contribution in [2.24, 2.45) is 5.92 Å². The van der Waals surface area contributed by atoms with Crippen molar-refractivity contribution in [3.63, 3.8) is 0 Å². The van der Waals surface area contributed by atoms with Crippen LogP contribution in [0.4, 0.5) is 5.82 Å². The molecule has 0 saturated heterocycles. The largest absolute Gasteiger partial charge is 0.464 e. The second-order valence-electron chi connectivity index (χ2n) is 7.82. The molecule has 11 heteroatoms. The molecule has 4 heterocycles. The van der Waals surface area contributed by atoms with Crippen LogP contribution in [0.1, 0.15) is 12.8 Å². The van der Waals surface area contributed by atoms with Crippen molar-refractivity contribution in [3.05, 3.63) is 36.9 Å². The van der Waals surface area contributed by atoms with Gasteiger partial charge in [0.15, 0.2) is 33.6 Å². The number of imidazole rings is 1. The number of hydrogen-bond acceptors (Lipinski definition) is 9. The topological polar surface area (TPSA) is 130 Å². The van der Waals surface area contributed by atoms with Gasteiger partial charge in [-0.2, -0.15) is 0 Å². The van der Waals surface area contributed by atoms with Crippen LogP contribution in [0.15, 0.2) is 51.3 Å². The highest BCUT2D eigenvalue weighted by Crippen LogP contribution is 2.45. The molecule has 3 aromatic heterocycles. The van der Waals surface area contributed by atoms with Crippen molar-refractivity contribution < 1.29 is 18.7 Å². The van der Waals surface area contributed by atoms with E-state index in [9.17, 15) is 4.79 Å². The Morgan fingerprint density at radius 2 is 2.09 bits per heavy atom. The maximum atomic E-state index is 12.1. The maximum Gasteiger partial charge on any atom is 0.231 e. The van der Waals surface area contributed by atoms with Crippen LogP contribution in [0, 0.1) is 5.92 Å². The van der Waals surface area contributed by atoms with Gasteiger partial charge in [0.25, 0.3) is 0 Å². The van der Waals surface area contributed by atoms with Crippen molar-refractivity contribution in [3.8, 4) is 22.8 Å². The normalized spacial score (nSPS) is 14.7. The summed E-state index contributed by atoms with van der Waals surface area (Å²) < 4.78 is 18.8. The summed E-state index contributed by atoms with van der Waals surface area (Å²) in [6.45, 7) is 1.13. The first-order chi connectivity index (χ1) is 16.2. The molecule has 0 bridgehead atoms. The highest BCUT2D eigenvalue weighted by Gasteiger charge is 2.29. The van der Waals surface area contributed by atoms with Gasteiger partial charge in [0.05, 0.1) is 6.26 Å². The Labute approximate surface area is 192 Å². The number of nitrogens with zero attached hydrogens (tertiary/aromatic N) is 4. The third-order valence-electron chi connectivity index (χ3n) is 5.57. The van der Waals surface area contributed by atoms with E-state index in [1.54, 1.807) is 6.26 Å². The second-order valence-corrected chi connectivity index (χ2v) is 8.83. The molecule has 1 amide bonds. The minimum Gasteiger partial charge on any atom is -0.464 e. The lowest BCUT2D eigenvalue weighted by atomic mass is 10.1. The molecule has 1 aliphatic carbocycles. The van der Waals surface area contributed by atoms with Crippen LogP contribution in [0.25, 0.3) is 22.5 Å². The van der Waals surface area contributed by atoms with E-state index >= 15 is 0 Å². The van der Waals surface area contributed by atoms with E-state index < -0.39 is 0 Å². The monoisotopic (exact) mass is 464 g/mol. The molecule has 33 heavy (non-hydrogen) atoms. The number of ether oxygens (including phenoxy) is 2. The maximum absolute atomic E-state index is 12.1. The number of aromatic nitrogens is 4. The highest BCUT2D eigenvalue weighted by molar-refractivity contribution is 7.99. The number of fused-ring (bicyclic) bond motifs is 2. The summed E-state index contributed by atoms with van der Waals surface area (Å²) in [5.74, 6) is 2.58. The summed E-state index contributed by atoms with van der Waals surface area (Å²) in [6.07, 6.45) is 4.97. The summed E-state index contributed by atoms with van der Waals surface area (Å²) >= 11 is 1.44. The van der Waals surface area contributed by atoms with Gasteiger partial charge in [0.1, 0.15) is 12.1 Å². The predicted molar refractivity (Wildman–Crippen MR) is 120 cm³/mol. The van der Waals surface area contributed by atoms with E-state index in [4.69, 9.17) is 24.6 Å². The van der Waals surface area contributed by atoms with Crippen molar-refractivity contribution in [1.82, 2.24) is 24.8 Å². The minimum absolute atomic E-state index is 0.0960. The van der Waals surface area contributed by atoms with E-state index in [1.807, 2.05) is 28.8 Å². The van der Waals surface area contributed by atoms with E-state index in [0.29, 0.717) is 52.5 Å². The van der Waals surface area contributed by atoms with Crippen LogP contribution >= 0.6 is 11.8 Å². The average Bonchev–Trinajstić information content (AvgIpc) is 3.19. The first-order valence-electron chi connectivity index (χ1n) is 10.6. The summed E-state index contributed by atoms with van der Waals surface area (Å²) in [4.78, 5) is 26.2. The molecule has 0 radical (unpaired) electrons. The summed E-state index contributed by atoms with van der Waals surface area (Å²) in [6, 6.07) is 7.54. The fourth-order valence-corrected chi connectivity index (χ4v) is 4.78. The predicted octanol–water partition coefficient (Wildman–Crippen LogP) is 3.07. The fraction of sp³-hybridized carbons (Fsp3) is 0.273. The molecule has 10 nitrogen and oxygen atoms in total. The summed E-state index contributed by atoms with van der Waals surface area (Å²) in [7, 11) is 0.